The molecule has 3 N–H and O–H groups in total. The minimum absolute atomic E-state index is 0.0102. The van der Waals surface area contributed by atoms with Gasteiger partial charge in [-0.25, -0.2) is 4.79 Å². The van der Waals surface area contributed by atoms with Crippen molar-refractivity contribution in [3.05, 3.63) is 57.1 Å². The average Bonchev–Trinajstić information content (AvgIpc) is 2.79. The number of carbonyl (C=O) groups is 4. The number of azide groups is 1. The smallest absolute Gasteiger partial charge is 0.352 e. The first-order chi connectivity index (χ1) is 16.5. The van der Waals surface area contributed by atoms with Crippen LogP contribution in [-0.2, 0) is 40.6 Å². The van der Waals surface area contributed by atoms with Crippen LogP contribution in [0.2, 0.25) is 0 Å². The quantitative estimate of drug-likeness (QED) is 0.102. The summed E-state index contributed by atoms with van der Waals surface area (Å²) in [4.78, 5) is 52.0. The third kappa shape index (κ3) is 5.57. The summed E-state index contributed by atoms with van der Waals surface area (Å²) in [5.41, 5.74) is 8.65. The number of thioether (sulfide) groups is 1. The van der Waals surface area contributed by atoms with Crippen LogP contribution in [-0.4, -0.2) is 70.5 Å². The highest BCUT2D eigenvalue weighted by atomic mass is 32.2. The molecule has 3 rings (SSSR count). The molecule has 0 aromatic heterocycles. The number of benzene rings is 1. The van der Waals surface area contributed by atoms with E-state index in [4.69, 9.17) is 10.3 Å². The molecule has 3 atom stereocenters. The number of hydrogen-bond donors (Lipinski definition) is 3. The molecule has 0 saturated carbocycles. The Morgan fingerprint density at radius 1 is 1.34 bits per heavy atom. The van der Waals surface area contributed by atoms with Gasteiger partial charge in [-0.2, -0.15) is 8.42 Å². The second-order valence-corrected chi connectivity index (χ2v) is 10.1. The Labute approximate surface area is 202 Å². The van der Waals surface area contributed by atoms with E-state index in [1.54, 1.807) is 0 Å². The summed E-state index contributed by atoms with van der Waals surface area (Å²) in [6.45, 7) is 0.821. The second kappa shape index (κ2) is 10.4. The highest BCUT2D eigenvalue weighted by Gasteiger charge is 2.55. The number of aliphatic carboxylic acids is 1. The van der Waals surface area contributed by atoms with Gasteiger partial charge in [0.15, 0.2) is 5.25 Å². The zero-order valence-electron chi connectivity index (χ0n) is 18.0. The van der Waals surface area contributed by atoms with Gasteiger partial charge in [-0.05, 0) is 16.7 Å². The van der Waals surface area contributed by atoms with Crippen LogP contribution in [0.3, 0.4) is 0 Å². The molecule has 0 aliphatic carbocycles. The van der Waals surface area contributed by atoms with Crippen molar-refractivity contribution in [1.29, 1.82) is 0 Å². The molecule has 2 aliphatic rings. The third-order valence-corrected chi connectivity index (χ3v) is 7.55. The molecule has 2 aliphatic heterocycles. The number of carboxylic acid groups (broad SMARTS) is 1. The van der Waals surface area contributed by atoms with Crippen LogP contribution in [0.15, 0.2) is 40.6 Å². The number of nitrogens with zero attached hydrogens (tertiary/aromatic N) is 4. The monoisotopic (exact) mass is 525 g/mol. The van der Waals surface area contributed by atoms with E-state index in [-0.39, 0.29) is 35.7 Å². The summed E-state index contributed by atoms with van der Waals surface area (Å²) in [5, 5.41) is 12.3. The Bertz CT molecular complexity index is 1260. The van der Waals surface area contributed by atoms with Gasteiger partial charge >= 0.3 is 11.9 Å². The Balaban J connectivity index is 1.80. The van der Waals surface area contributed by atoms with Crippen LogP contribution < -0.4 is 5.32 Å². The van der Waals surface area contributed by atoms with E-state index >= 15 is 0 Å². The molecular weight excluding hydrogens is 506 g/mol. The fourth-order valence-corrected chi connectivity index (χ4v) is 5.75. The van der Waals surface area contributed by atoms with E-state index in [9.17, 15) is 37.3 Å². The van der Waals surface area contributed by atoms with Crippen molar-refractivity contribution in [3.63, 3.8) is 0 Å². The molecule has 35 heavy (non-hydrogen) atoms. The lowest BCUT2D eigenvalue weighted by atomic mass is 10.0. The van der Waals surface area contributed by atoms with Gasteiger partial charge < -0.3 is 15.2 Å². The number of amides is 2. The maximum atomic E-state index is 12.8. The number of fused-ring (bicyclic) bond motifs is 1. The molecule has 1 fully saturated rings. The fraction of sp³-hybridized carbons (Fsp3) is 0.368. The molecule has 14 nitrogen and oxygen atoms in total. The van der Waals surface area contributed by atoms with Gasteiger partial charge in [-0.15, -0.1) is 11.8 Å². The Morgan fingerprint density at radius 2 is 2.00 bits per heavy atom. The molecular formula is C19H19N5O9S2. The number of esters is 1. The molecule has 2 amide bonds. The topological polar surface area (TPSA) is 216 Å². The Hall–Kier alpha value is -3.59. The van der Waals surface area contributed by atoms with Crippen molar-refractivity contribution in [2.75, 3.05) is 12.4 Å². The first-order valence-electron chi connectivity index (χ1n) is 9.85. The number of nitrogens with one attached hydrogen (secondary N) is 1. The molecule has 1 aromatic carbocycles. The predicted octanol–water partition coefficient (Wildman–Crippen LogP) is 0.728. The molecule has 1 saturated heterocycles. The lowest BCUT2D eigenvalue weighted by molar-refractivity contribution is -0.151. The van der Waals surface area contributed by atoms with E-state index in [2.05, 4.69) is 15.3 Å². The van der Waals surface area contributed by atoms with Crippen LogP contribution in [0.5, 0.6) is 0 Å². The molecule has 16 heteroatoms. The summed E-state index contributed by atoms with van der Waals surface area (Å²) < 4.78 is 38.5. The largest absolute Gasteiger partial charge is 0.477 e. The van der Waals surface area contributed by atoms with Crippen LogP contribution in [0.25, 0.3) is 10.4 Å². The standard InChI is InChI=1S/C19H19N5O9S2/c1-9(25)33-7-12-8-34-18-13(17(27)24(18)14(12)19(28)29)22-16(26)15(35(30,31)32)11-4-2-10(3-5-11)6-21-23-20/h2-5,13,15,18H,6-8H2,1H3,(H,22,26)(H,28,29)(H,30,31,32). The Kier molecular flexibility index (Phi) is 7.70. The number of rotatable bonds is 9. The van der Waals surface area contributed by atoms with Crippen LogP contribution in [0.4, 0.5) is 0 Å². The van der Waals surface area contributed by atoms with Gasteiger partial charge in [-0.3, -0.25) is 23.8 Å². The normalized spacial score (nSPS) is 20.2. The van der Waals surface area contributed by atoms with Crippen LogP contribution >= 0.6 is 11.8 Å². The number of ether oxygens (including phenoxy) is 1. The molecule has 3 unspecified atom stereocenters. The summed E-state index contributed by atoms with van der Waals surface area (Å²) in [6.07, 6.45) is 0. The molecule has 2 heterocycles. The third-order valence-electron chi connectivity index (χ3n) is 5.13. The lowest BCUT2D eigenvalue weighted by Crippen LogP contribution is -2.71. The molecule has 186 valence electrons. The predicted molar refractivity (Wildman–Crippen MR) is 120 cm³/mol. The average molecular weight is 526 g/mol. The van der Waals surface area contributed by atoms with Gasteiger partial charge in [0.05, 0.1) is 6.54 Å². The minimum Gasteiger partial charge on any atom is -0.477 e. The summed E-state index contributed by atoms with van der Waals surface area (Å²) >= 11 is 1.10. The Morgan fingerprint density at radius 3 is 2.54 bits per heavy atom. The van der Waals surface area contributed by atoms with Gasteiger partial charge in [0.1, 0.15) is 23.7 Å². The highest BCUT2D eigenvalue weighted by Crippen LogP contribution is 2.40. The highest BCUT2D eigenvalue weighted by molar-refractivity contribution is 8.00. The molecule has 0 bridgehead atoms. The van der Waals surface area contributed by atoms with Crippen molar-refractivity contribution in [1.82, 2.24) is 10.2 Å². The maximum Gasteiger partial charge on any atom is 0.352 e. The number of carboxylic acids is 1. The van der Waals surface area contributed by atoms with E-state index in [0.29, 0.717) is 5.56 Å². The van der Waals surface area contributed by atoms with E-state index < -0.39 is 50.5 Å². The van der Waals surface area contributed by atoms with Crippen molar-refractivity contribution in [2.24, 2.45) is 5.11 Å². The SMILES string of the molecule is CC(=O)OCC1=C(C(=O)O)N2C(=O)C(NC(=O)C(c3ccc(CN=[N+]=[N-])cc3)S(=O)(=O)O)C2SC1. The lowest BCUT2D eigenvalue weighted by Gasteiger charge is -2.49. The van der Waals surface area contributed by atoms with E-state index in [1.165, 1.54) is 24.3 Å². The summed E-state index contributed by atoms with van der Waals surface area (Å²) in [7, 11) is -4.95. The minimum atomic E-state index is -4.95. The zero-order chi connectivity index (χ0) is 25.9. The van der Waals surface area contributed by atoms with Gasteiger partial charge in [0.25, 0.3) is 16.0 Å². The fourth-order valence-electron chi connectivity index (χ4n) is 3.58. The molecule has 0 radical (unpaired) electrons. The van der Waals surface area contributed by atoms with Crippen molar-refractivity contribution < 1.29 is 42.0 Å². The van der Waals surface area contributed by atoms with Crippen molar-refractivity contribution in [3.8, 4) is 0 Å². The van der Waals surface area contributed by atoms with E-state index in [1.807, 2.05) is 0 Å². The number of carbonyl (C=O) groups excluding carboxylic acids is 3. The van der Waals surface area contributed by atoms with Crippen molar-refractivity contribution >= 4 is 45.6 Å². The summed E-state index contributed by atoms with van der Waals surface area (Å²) in [6, 6.07) is 4.11. The van der Waals surface area contributed by atoms with Crippen LogP contribution in [0, 0.1) is 0 Å². The first kappa shape index (κ1) is 26.0. The number of hydrogen-bond acceptors (Lipinski definition) is 9. The first-order valence-corrected chi connectivity index (χ1v) is 12.4. The van der Waals surface area contributed by atoms with E-state index in [0.717, 1.165) is 23.6 Å². The zero-order valence-corrected chi connectivity index (χ0v) is 19.7. The molecule has 1 aromatic rings. The van der Waals surface area contributed by atoms with Gasteiger partial charge in [-0.1, -0.05) is 29.4 Å². The molecule has 0 spiro atoms. The second-order valence-electron chi connectivity index (χ2n) is 7.46. The summed E-state index contributed by atoms with van der Waals surface area (Å²) in [5.74, 6) is -3.94. The van der Waals surface area contributed by atoms with Gasteiger partial charge in [0.2, 0.25) is 5.91 Å². The van der Waals surface area contributed by atoms with Gasteiger partial charge in [0, 0.05) is 23.2 Å². The number of β-lactam (4-membered cyclic amide) rings is 1. The maximum absolute atomic E-state index is 12.8. The van der Waals surface area contributed by atoms with Crippen LogP contribution in [0.1, 0.15) is 23.3 Å². The van der Waals surface area contributed by atoms with Crippen molar-refractivity contribution in [2.45, 2.75) is 30.1 Å².